The lowest BCUT2D eigenvalue weighted by Gasteiger charge is -1.84. The van der Waals surface area contributed by atoms with E-state index in [0.717, 1.165) is 19.1 Å². The van der Waals surface area contributed by atoms with Gasteiger partial charge in [-0.25, -0.2) is 0 Å². The summed E-state index contributed by atoms with van der Waals surface area (Å²) >= 11 is 0. The second-order valence-electron chi connectivity index (χ2n) is 1.52. The van der Waals surface area contributed by atoms with E-state index in [4.69, 9.17) is 0 Å². The van der Waals surface area contributed by atoms with Crippen LogP contribution in [0, 0.1) is 0 Å². The maximum Gasteiger partial charge on any atom is 0.155 e. The number of hydrogen-bond donors (Lipinski definition) is 0. The van der Waals surface area contributed by atoms with E-state index in [1.54, 1.807) is 0 Å². The van der Waals surface area contributed by atoms with Gasteiger partial charge < -0.3 is 4.79 Å². The van der Waals surface area contributed by atoms with Crippen LogP contribution in [0.15, 0.2) is 0 Å². The maximum atomic E-state index is 9.78. The van der Waals surface area contributed by atoms with Gasteiger partial charge in [0.1, 0.15) is 6.29 Å². The Labute approximate surface area is 50.5 Å². The summed E-state index contributed by atoms with van der Waals surface area (Å²) in [5.74, 6) is 0. The molecule has 0 fully saturated rings. The van der Waals surface area contributed by atoms with Crippen LogP contribution in [0.4, 0.5) is 0 Å². The van der Waals surface area contributed by atoms with Crippen LogP contribution in [0.2, 0.25) is 0 Å². The third-order valence-electron chi connectivity index (χ3n) is 0.821. The first kappa shape index (κ1) is 7.77. The summed E-state index contributed by atoms with van der Waals surface area (Å²) < 4.78 is 9.78. The Bertz CT molecular complexity index is 62.8. The zero-order valence-electron chi connectivity index (χ0n) is 4.67. The van der Waals surface area contributed by atoms with Crippen molar-refractivity contribution < 1.29 is 9.36 Å². The van der Waals surface area contributed by atoms with Gasteiger partial charge in [-0.1, -0.05) is 0 Å². The number of carbonyl (C=O) groups excluding carboxylic acids is 1. The number of carbonyl (C=O) groups is 1. The molecular weight excluding hydrogens is 123 g/mol. The monoisotopic (exact) mass is 132 g/mol. The summed E-state index contributed by atoms with van der Waals surface area (Å²) in [5, 5.41) is 0. The number of aldehydes is 1. The van der Waals surface area contributed by atoms with E-state index in [1.165, 1.54) is 0 Å². The summed E-state index contributed by atoms with van der Waals surface area (Å²) in [6.45, 7) is 0. The Hall–Kier alpha value is -0.230. The molecule has 0 spiro atoms. The molecule has 0 aromatic carbocycles. The molecule has 8 heavy (non-hydrogen) atoms. The van der Waals surface area contributed by atoms with E-state index < -0.39 is 0 Å². The fraction of sp³-hybridized carbons (Fsp3) is 0.800. The van der Waals surface area contributed by atoms with Gasteiger partial charge in [0.05, 0.1) is 0 Å². The quantitative estimate of drug-likeness (QED) is 0.323. The van der Waals surface area contributed by atoms with Crippen molar-refractivity contribution >= 4 is 14.7 Å². The minimum absolute atomic E-state index is 0.195. The summed E-state index contributed by atoms with van der Waals surface area (Å²) in [6.07, 6.45) is 3.95. The van der Waals surface area contributed by atoms with Gasteiger partial charge in [0.15, 0.2) is 8.46 Å². The molecule has 2 nitrogen and oxygen atoms in total. The predicted octanol–water partition coefficient (Wildman–Crippen LogP) is 1.65. The van der Waals surface area contributed by atoms with Gasteiger partial charge in [-0.05, 0) is 12.8 Å². The third kappa shape index (κ3) is 5.77. The Morgan fingerprint density at radius 1 is 1.38 bits per heavy atom. The molecule has 0 atom stereocenters. The molecule has 0 radical (unpaired) electrons. The van der Waals surface area contributed by atoms with Gasteiger partial charge in [0, 0.05) is 12.6 Å². The molecule has 0 aliphatic rings. The minimum atomic E-state index is 0.195. The van der Waals surface area contributed by atoms with Crippen LogP contribution in [0.25, 0.3) is 0 Å². The van der Waals surface area contributed by atoms with Crippen molar-refractivity contribution in [2.75, 3.05) is 6.16 Å². The molecule has 0 heterocycles. The smallest absolute Gasteiger partial charge is 0.155 e. The first-order chi connectivity index (χ1) is 3.91. The fourth-order valence-corrected chi connectivity index (χ4v) is 0.757. The van der Waals surface area contributed by atoms with Crippen molar-refractivity contribution in [2.45, 2.75) is 19.3 Å². The summed E-state index contributed by atoms with van der Waals surface area (Å²) in [6, 6.07) is 0. The molecule has 0 aromatic rings. The van der Waals surface area contributed by atoms with Crippen molar-refractivity contribution in [2.24, 2.45) is 0 Å². The van der Waals surface area contributed by atoms with E-state index in [1.807, 2.05) is 0 Å². The van der Waals surface area contributed by atoms with Crippen LogP contribution >= 0.6 is 8.46 Å². The number of unbranched alkanes of at least 4 members (excludes halogenated alkanes) is 2. The van der Waals surface area contributed by atoms with Crippen molar-refractivity contribution in [3.8, 4) is 0 Å². The van der Waals surface area contributed by atoms with Crippen molar-refractivity contribution in [1.82, 2.24) is 0 Å². The Morgan fingerprint density at radius 3 is 2.62 bits per heavy atom. The van der Waals surface area contributed by atoms with Crippen LogP contribution in [0.3, 0.4) is 0 Å². The van der Waals surface area contributed by atoms with Crippen LogP contribution in [-0.2, 0) is 9.36 Å². The highest BCUT2D eigenvalue weighted by atomic mass is 31.1. The van der Waals surface area contributed by atoms with Gasteiger partial charge in [0.25, 0.3) is 0 Å². The molecule has 0 rings (SSSR count). The zero-order chi connectivity index (χ0) is 6.24. The lowest BCUT2D eigenvalue weighted by Crippen LogP contribution is -1.77. The topological polar surface area (TPSA) is 34.1 Å². The van der Waals surface area contributed by atoms with E-state index in [0.29, 0.717) is 12.6 Å². The average molecular weight is 132 g/mol. The van der Waals surface area contributed by atoms with Crippen LogP contribution in [0.1, 0.15) is 19.3 Å². The normalized spacial score (nSPS) is 9.50. The van der Waals surface area contributed by atoms with E-state index in [9.17, 15) is 9.36 Å². The highest BCUT2D eigenvalue weighted by Gasteiger charge is 1.84. The molecular formula is C5H9O2P. The predicted molar refractivity (Wildman–Crippen MR) is 32.4 cm³/mol. The highest BCUT2D eigenvalue weighted by Crippen LogP contribution is 1.99. The Balaban J connectivity index is 2.71. The first-order valence-corrected chi connectivity index (χ1v) is 3.64. The van der Waals surface area contributed by atoms with E-state index in [-0.39, 0.29) is 8.46 Å². The molecule has 0 aliphatic heterocycles. The second kappa shape index (κ2) is 6.77. The molecule has 46 valence electrons. The average Bonchev–Trinajstić information content (AvgIpc) is 1.81. The molecule has 0 amide bonds. The van der Waals surface area contributed by atoms with Crippen molar-refractivity contribution in [1.29, 1.82) is 0 Å². The lowest BCUT2D eigenvalue weighted by molar-refractivity contribution is -0.107. The maximum absolute atomic E-state index is 9.78. The highest BCUT2D eigenvalue weighted by molar-refractivity contribution is 7.23. The zero-order valence-corrected chi connectivity index (χ0v) is 5.56. The van der Waals surface area contributed by atoms with Crippen LogP contribution in [0.5, 0.6) is 0 Å². The van der Waals surface area contributed by atoms with Crippen molar-refractivity contribution in [3.63, 3.8) is 0 Å². The third-order valence-corrected chi connectivity index (χ3v) is 1.32. The van der Waals surface area contributed by atoms with Gasteiger partial charge in [-0.2, -0.15) is 0 Å². The lowest BCUT2D eigenvalue weighted by atomic mass is 10.3. The summed E-state index contributed by atoms with van der Waals surface area (Å²) in [4.78, 5) is 9.69. The van der Waals surface area contributed by atoms with Gasteiger partial charge in [-0.3, -0.25) is 4.57 Å². The Morgan fingerprint density at radius 2 is 2.12 bits per heavy atom. The molecule has 0 aliphatic carbocycles. The first-order valence-electron chi connectivity index (χ1n) is 2.64. The molecule has 0 saturated heterocycles. The standard InChI is InChI=1S/C5H9O2P/c6-4-2-1-3-5-8-7/h4H,1-3,5H2. The number of hydrogen-bond acceptors (Lipinski definition) is 2. The second-order valence-corrected chi connectivity index (χ2v) is 2.22. The van der Waals surface area contributed by atoms with E-state index >= 15 is 0 Å². The molecule has 3 heteroatoms. The van der Waals surface area contributed by atoms with Crippen LogP contribution < -0.4 is 0 Å². The SMILES string of the molecule is O=CCCCCP=O. The molecule has 0 unspecified atom stereocenters. The van der Waals surface area contributed by atoms with Gasteiger partial charge in [-0.15, -0.1) is 0 Å². The largest absolute Gasteiger partial charge is 0.303 e. The van der Waals surface area contributed by atoms with E-state index in [2.05, 4.69) is 0 Å². The molecule has 0 aromatic heterocycles. The molecule has 0 bridgehead atoms. The number of rotatable bonds is 5. The fourth-order valence-electron chi connectivity index (χ4n) is 0.404. The minimum Gasteiger partial charge on any atom is -0.303 e. The van der Waals surface area contributed by atoms with Gasteiger partial charge in [0.2, 0.25) is 0 Å². The summed E-state index contributed by atoms with van der Waals surface area (Å²) in [5.41, 5.74) is 0. The van der Waals surface area contributed by atoms with Crippen LogP contribution in [-0.4, -0.2) is 12.4 Å². The molecule has 0 N–H and O–H groups in total. The van der Waals surface area contributed by atoms with Gasteiger partial charge >= 0.3 is 0 Å². The molecule has 0 saturated carbocycles. The summed E-state index contributed by atoms with van der Waals surface area (Å²) in [7, 11) is 0.195. The van der Waals surface area contributed by atoms with Crippen molar-refractivity contribution in [3.05, 3.63) is 0 Å². The Kier molecular flexibility index (Phi) is 6.58.